The van der Waals surface area contributed by atoms with E-state index in [4.69, 9.17) is 16.3 Å². The summed E-state index contributed by atoms with van der Waals surface area (Å²) >= 11 is 6.11. The van der Waals surface area contributed by atoms with E-state index in [0.29, 0.717) is 16.7 Å². The fourth-order valence-corrected chi connectivity index (χ4v) is 3.98. The number of methoxy groups -OCH3 is 1. The maximum atomic E-state index is 12.6. The number of ether oxygens (including phenoxy) is 1. The molecule has 0 radical (unpaired) electrons. The van der Waals surface area contributed by atoms with Crippen LogP contribution in [-0.4, -0.2) is 27.8 Å². The van der Waals surface area contributed by atoms with E-state index in [1.54, 1.807) is 17.9 Å². The summed E-state index contributed by atoms with van der Waals surface area (Å²) in [6, 6.07) is 24.8. The van der Waals surface area contributed by atoms with Gasteiger partial charge in [0.2, 0.25) is 5.95 Å². The number of rotatable bonds is 6. The van der Waals surface area contributed by atoms with Gasteiger partial charge in [-0.15, -0.1) is 5.10 Å². The van der Waals surface area contributed by atoms with Gasteiger partial charge in [-0.2, -0.15) is 4.98 Å². The molecular weight excluding hydrogens is 462 g/mol. The van der Waals surface area contributed by atoms with Crippen LogP contribution in [0.1, 0.15) is 22.7 Å². The smallest absolute Gasteiger partial charge is 0.250 e. The molecule has 0 spiro atoms. The Hall–Kier alpha value is -4.36. The van der Waals surface area contributed by atoms with Crippen molar-refractivity contribution in [3.63, 3.8) is 0 Å². The molecule has 3 aromatic carbocycles. The second-order valence-electron chi connectivity index (χ2n) is 7.84. The van der Waals surface area contributed by atoms with E-state index in [1.807, 2.05) is 78.9 Å². The fraction of sp³-hybridized carbons (Fsp3) is 0.0741. The Balaban J connectivity index is 1.42. The average Bonchev–Trinajstić information content (AvgIpc) is 3.30. The molecule has 1 atom stereocenters. The monoisotopic (exact) mass is 483 g/mol. The Morgan fingerprint density at radius 1 is 1.06 bits per heavy atom. The Bertz CT molecular complexity index is 1410. The molecule has 1 aliphatic heterocycles. The number of halogens is 1. The lowest BCUT2D eigenvalue weighted by molar-refractivity contribution is -0.111. The number of hydrogen-bond donors (Lipinski definition) is 2. The number of carbonyl (C=O) groups is 1. The van der Waals surface area contributed by atoms with Crippen molar-refractivity contribution in [2.45, 2.75) is 6.04 Å². The normalized spacial score (nSPS) is 14.7. The summed E-state index contributed by atoms with van der Waals surface area (Å²) < 4.78 is 7.07. The van der Waals surface area contributed by atoms with Crippen LogP contribution >= 0.6 is 11.6 Å². The molecule has 0 bridgehead atoms. The second kappa shape index (κ2) is 9.87. The Labute approximate surface area is 207 Å². The van der Waals surface area contributed by atoms with Crippen molar-refractivity contribution in [3.05, 3.63) is 113 Å². The van der Waals surface area contributed by atoms with Crippen molar-refractivity contribution in [3.8, 4) is 5.75 Å². The van der Waals surface area contributed by atoms with E-state index in [2.05, 4.69) is 26.8 Å². The Morgan fingerprint density at radius 3 is 2.57 bits per heavy atom. The van der Waals surface area contributed by atoms with Gasteiger partial charge in [0.05, 0.1) is 7.11 Å². The average molecular weight is 484 g/mol. The highest BCUT2D eigenvalue weighted by atomic mass is 35.5. The number of hydrogen-bond acceptors (Lipinski definition) is 5. The molecule has 0 aliphatic carbocycles. The van der Waals surface area contributed by atoms with Crippen LogP contribution < -0.4 is 15.4 Å². The first-order chi connectivity index (χ1) is 17.1. The molecule has 7 nitrogen and oxygen atoms in total. The van der Waals surface area contributed by atoms with Crippen molar-refractivity contribution in [2.24, 2.45) is 0 Å². The number of amides is 1. The Morgan fingerprint density at radius 2 is 1.80 bits per heavy atom. The summed E-state index contributed by atoms with van der Waals surface area (Å²) in [4.78, 5) is 17.1. The number of carbonyl (C=O) groups excluding carboxylic acids is 1. The summed E-state index contributed by atoms with van der Waals surface area (Å²) in [7, 11) is 1.59. The van der Waals surface area contributed by atoms with Crippen LogP contribution in [0.4, 0.5) is 11.9 Å². The second-order valence-corrected chi connectivity index (χ2v) is 8.27. The molecule has 1 amide bonds. The van der Waals surface area contributed by atoms with Crippen LogP contribution in [0.15, 0.2) is 91.0 Å². The first kappa shape index (κ1) is 22.4. The minimum absolute atomic E-state index is 0.198. The molecule has 1 aliphatic rings. The number of nitrogens with one attached hydrogen (secondary N) is 2. The molecule has 1 aromatic heterocycles. The van der Waals surface area contributed by atoms with Crippen LogP contribution in [0.2, 0.25) is 5.02 Å². The van der Waals surface area contributed by atoms with Crippen molar-refractivity contribution < 1.29 is 9.53 Å². The molecule has 2 N–H and O–H groups in total. The number of para-hydroxylation sites is 1. The van der Waals surface area contributed by atoms with Gasteiger partial charge in [-0.1, -0.05) is 72.3 Å². The van der Waals surface area contributed by atoms with Gasteiger partial charge in [0, 0.05) is 22.4 Å². The quantitative estimate of drug-likeness (QED) is 0.346. The number of benzene rings is 3. The highest BCUT2D eigenvalue weighted by Gasteiger charge is 2.25. The fourth-order valence-electron chi connectivity index (χ4n) is 3.85. The van der Waals surface area contributed by atoms with Gasteiger partial charge in [-0.05, 0) is 41.5 Å². The molecule has 4 aromatic rings. The third kappa shape index (κ3) is 4.95. The predicted molar refractivity (Wildman–Crippen MR) is 138 cm³/mol. The summed E-state index contributed by atoms with van der Waals surface area (Å²) in [5.74, 6) is 1.05. The number of aromatic nitrogens is 3. The van der Waals surface area contributed by atoms with Gasteiger partial charge in [0.15, 0.2) is 0 Å². The Kier molecular flexibility index (Phi) is 6.32. The molecule has 0 fully saturated rings. The van der Waals surface area contributed by atoms with Gasteiger partial charge in [-0.3, -0.25) is 10.1 Å². The van der Waals surface area contributed by atoms with E-state index >= 15 is 0 Å². The van der Waals surface area contributed by atoms with Crippen LogP contribution in [0.5, 0.6) is 5.75 Å². The van der Waals surface area contributed by atoms with Gasteiger partial charge < -0.3 is 10.1 Å². The molecule has 5 rings (SSSR count). The zero-order valence-corrected chi connectivity index (χ0v) is 19.6. The van der Waals surface area contributed by atoms with E-state index in [9.17, 15) is 4.79 Å². The van der Waals surface area contributed by atoms with Gasteiger partial charge in [0.25, 0.3) is 11.9 Å². The lowest BCUT2D eigenvalue weighted by atomic mass is 10.0. The molecule has 2 heterocycles. The zero-order chi connectivity index (χ0) is 24.2. The molecule has 174 valence electrons. The number of allylic oxidation sites excluding steroid dienone is 1. The molecular formula is C27H22ClN5O2. The van der Waals surface area contributed by atoms with Crippen molar-refractivity contribution in [2.75, 3.05) is 17.7 Å². The standard InChI is InChI=1S/C27H22ClN5O2/c1-35-24-10-6-5-9-20(24)13-16-25(34)30-26-31-27-29-22(18-7-3-2-4-8-18)17-23(33(27)32-26)19-11-14-21(28)15-12-19/h2-17,23H,1H3,(H2,29,30,31,32,34). The molecule has 0 saturated carbocycles. The number of nitrogens with zero attached hydrogens (tertiary/aromatic N) is 3. The minimum Gasteiger partial charge on any atom is -0.496 e. The summed E-state index contributed by atoms with van der Waals surface area (Å²) in [5.41, 5.74) is 3.71. The van der Waals surface area contributed by atoms with E-state index in [-0.39, 0.29) is 17.9 Å². The van der Waals surface area contributed by atoms with Crippen LogP contribution in [0, 0.1) is 0 Å². The topological polar surface area (TPSA) is 81.1 Å². The van der Waals surface area contributed by atoms with E-state index < -0.39 is 0 Å². The molecule has 35 heavy (non-hydrogen) atoms. The minimum atomic E-state index is -0.349. The van der Waals surface area contributed by atoms with Crippen molar-refractivity contribution >= 4 is 41.2 Å². The lowest BCUT2D eigenvalue weighted by Crippen LogP contribution is -2.20. The lowest BCUT2D eigenvalue weighted by Gasteiger charge is -2.24. The SMILES string of the molecule is COc1ccccc1C=CC(=O)Nc1nc2n(n1)C(c1ccc(Cl)cc1)C=C(c1ccccc1)N2. The van der Waals surface area contributed by atoms with Crippen molar-refractivity contribution in [1.29, 1.82) is 0 Å². The summed E-state index contributed by atoms with van der Waals surface area (Å²) in [5, 5.41) is 11.3. The van der Waals surface area contributed by atoms with Crippen LogP contribution in [-0.2, 0) is 4.79 Å². The maximum absolute atomic E-state index is 12.6. The maximum Gasteiger partial charge on any atom is 0.250 e. The summed E-state index contributed by atoms with van der Waals surface area (Å²) in [6.45, 7) is 0. The highest BCUT2D eigenvalue weighted by molar-refractivity contribution is 6.30. The third-order valence-electron chi connectivity index (χ3n) is 5.55. The van der Waals surface area contributed by atoms with Crippen LogP contribution in [0.3, 0.4) is 0 Å². The highest BCUT2D eigenvalue weighted by Crippen LogP contribution is 2.33. The first-order valence-corrected chi connectivity index (χ1v) is 11.4. The molecule has 1 unspecified atom stereocenters. The third-order valence-corrected chi connectivity index (χ3v) is 5.80. The first-order valence-electron chi connectivity index (χ1n) is 11.0. The molecule has 0 saturated heterocycles. The number of anilines is 2. The van der Waals surface area contributed by atoms with E-state index in [1.165, 1.54) is 6.08 Å². The van der Waals surface area contributed by atoms with Crippen LogP contribution in [0.25, 0.3) is 11.8 Å². The molecule has 8 heteroatoms. The zero-order valence-electron chi connectivity index (χ0n) is 18.9. The van der Waals surface area contributed by atoms with Gasteiger partial charge in [-0.25, -0.2) is 4.68 Å². The predicted octanol–water partition coefficient (Wildman–Crippen LogP) is 5.65. The largest absolute Gasteiger partial charge is 0.496 e. The van der Waals surface area contributed by atoms with Gasteiger partial charge in [0.1, 0.15) is 11.8 Å². The van der Waals surface area contributed by atoms with Crippen molar-refractivity contribution in [1.82, 2.24) is 14.8 Å². The van der Waals surface area contributed by atoms with E-state index in [0.717, 1.165) is 22.4 Å². The van der Waals surface area contributed by atoms with Gasteiger partial charge >= 0.3 is 0 Å². The summed E-state index contributed by atoms with van der Waals surface area (Å²) in [6.07, 6.45) is 5.19. The number of fused-ring (bicyclic) bond motifs is 1.